The molecule has 4 amide bonds. The van der Waals surface area contributed by atoms with E-state index >= 15 is 0 Å². The Morgan fingerprint density at radius 3 is 0.685 bits per heavy atom. The molecule has 2 heterocycles. The fraction of sp³-hybridized carbons (Fsp3) is 0. The third-order valence-electron chi connectivity index (χ3n) is 8.24. The second kappa shape index (κ2) is 14.6. The largest absolute Gasteiger partial charge is 0.354 e. The Balaban J connectivity index is 0.000000167. The van der Waals surface area contributed by atoms with Gasteiger partial charge in [-0.15, -0.1) is 0 Å². The van der Waals surface area contributed by atoms with Crippen LogP contribution in [0.1, 0.15) is 41.4 Å². The maximum Gasteiger partial charge on any atom is 0.259 e. The van der Waals surface area contributed by atoms with Crippen molar-refractivity contribution >= 4 is 69.1 Å². The zero-order valence-corrected chi connectivity index (χ0v) is 27.7. The lowest BCUT2D eigenvalue weighted by Crippen LogP contribution is -2.19. The molecule has 0 fully saturated rings. The van der Waals surface area contributed by atoms with Gasteiger partial charge in [0.1, 0.15) is 23.3 Å². The number of fused-ring (bicyclic) bond motifs is 2. The van der Waals surface area contributed by atoms with Crippen molar-refractivity contribution in [3.05, 3.63) is 167 Å². The summed E-state index contributed by atoms with van der Waals surface area (Å²) in [4.78, 5) is 47.8. The second-order valence-electron chi connectivity index (χ2n) is 12.0. The fourth-order valence-corrected chi connectivity index (χ4v) is 5.59. The van der Waals surface area contributed by atoms with Gasteiger partial charge in [-0.05, 0) is 121 Å². The molecule has 6 aromatic carbocycles. The number of carbonyl (C=O) groups excluding carboxylic acids is 4. The van der Waals surface area contributed by atoms with E-state index in [9.17, 15) is 36.7 Å². The highest BCUT2D eigenvalue weighted by Gasteiger charge is 2.30. The first kappa shape index (κ1) is 34.9. The Hall–Kier alpha value is -7.48. The summed E-state index contributed by atoms with van der Waals surface area (Å²) >= 11 is 0. The van der Waals surface area contributed by atoms with Gasteiger partial charge in [-0.25, -0.2) is 17.6 Å². The van der Waals surface area contributed by atoms with Crippen LogP contribution in [-0.4, -0.2) is 23.6 Å². The smallest absolute Gasteiger partial charge is 0.259 e. The van der Waals surface area contributed by atoms with Crippen molar-refractivity contribution in [2.75, 3.05) is 21.3 Å². The molecule has 6 aromatic rings. The average molecular weight is 731 g/mol. The summed E-state index contributed by atoms with van der Waals surface area (Å²) in [5.41, 5.74) is 5.41. The highest BCUT2D eigenvalue weighted by molar-refractivity contribution is 6.23. The molecular formula is C40H26F4N6O4. The number of benzene rings is 6. The minimum atomic E-state index is -0.481. The molecule has 10 nitrogen and oxygen atoms in total. The standard InChI is InChI=1S/2C20H13F2N3O2/c2*21-11-1-5-13(6-2-11)23-17-9-15-16(20(27)25-19(15)26)10-18(17)24-14-7-3-12(22)4-8-14/h2*1-10,23-24H,(H,25,26,27). The van der Waals surface area contributed by atoms with Gasteiger partial charge in [0.25, 0.3) is 23.6 Å². The Bertz CT molecular complexity index is 2100. The molecule has 14 heteroatoms. The molecule has 0 aliphatic carbocycles. The fourth-order valence-electron chi connectivity index (χ4n) is 5.59. The van der Waals surface area contributed by atoms with Gasteiger partial charge in [0, 0.05) is 22.7 Å². The van der Waals surface area contributed by atoms with Gasteiger partial charge in [0.15, 0.2) is 0 Å². The van der Waals surface area contributed by atoms with Crippen LogP contribution in [0.15, 0.2) is 121 Å². The Morgan fingerprint density at radius 2 is 0.500 bits per heavy atom. The number of nitrogens with one attached hydrogen (secondary N) is 6. The normalized spacial score (nSPS) is 12.5. The van der Waals surface area contributed by atoms with E-state index in [1.165, 1.54) is 48.5 Å². The van der Waals surface area contributed by atoms with E-state index in [-0.39, 0.29) is 45.5 Å². The molecule has 2 aliphatic heterocycles. The van der Waals surface area contributed by atoms with Crippen LogP contribution in [0.2, 0.25) is 0 Å². The molecule has 0 aromatic heterocycles. The molecule has 0 spiro atoms. The predicted molar refractivity (Wildman–Crippen MR) is 195 cm³/mol. The van der Waals surface area contributed by atoms with E-state index in [0.29, 0.717) is 45.5 Å². The van der Waals surface area contributed by atoms with E-state index in [2.05, 4.69) is 31.9 Å². The quantitative estimate of drug-likeness (QED) is 0.0676. The molecule has 0 saturated heterocycles. The van der Waals surface area contributed by atoms with Crippen molar-refractivity contribution in [1.82, 2.24) is 10.6 Å². The summed E-state index contributed by atoms with van der Waals surface area (Å²) in [6.07, 6.45) is 0. The Morgan fingerprint density at radius 1 is 0.315 bits per heavy atom. The van der Waals surface area contributed by atoms with Crippen LogP contribution in [0, 0.1) is 23.3 Å². The molecule has 0 radical (unpaired) electrons. The number of rotatable bonds is 8. The molecule has 6 N–H and O–H groups in total. The maximum absolute atomic E-state index is 13.1. The van der Waals surface area contributed by atoms with Crippen molar-refractivity contribution < 1.29 is 36.7 Å². The van der Waals surface area contributed by atoms with Gasteiger partial charge in [-0.1, -0.05) is 0 Å². The second-order valence-corrected chi connectivity index (χ2v) is 12.0. The SMILES string of the molecule is O=C1NC(=O)c2cc(Nc3ccc(F)cc3)c(Nc3ccc(F)cc3)cc21.O=C1NC(=O)c2cc(Nc3ccc(F)cc3)c(Nc3ccc(F)cc3)cc21. The van der Waals surface area contributed by atoms with Gasteiger partial charge in [-0.3, -0.25) is 29.8 Å². The lowest BCUT2D eigenvalue weighted by atomic mass is 10.1. The predicted octanol–water partition coefficient (Wildman–Crippen LogP) is 8.67. The van der Waals surface area contributed by atoms with Crippen molar-refractivity contribution in [1.29, 1.82) is 0 Å². The minimum Gasteiger partial charge on any atom is -0.354 e. The molecule has 2 aliphatic rings. The minimum absolute atomic E-state index is 0.245. The first-order valence-corrected chi connectivity index (χ1v) is 16.2. The number of carbonyl (C=O) groups is 4. The van der Waals surface area contributed by atoms with Gasteiger partial charge >= 0.3 is 0 Å². The highest BCUT2D eigenvalue weighted by atomic mass is 19.1. The number of anilines is 8. The van der Waals surface area contributed by atoms with Crippen LogP contribution in [0.25, 0.3) is 0 Å². The summed E-state index contributed by atoms with van der Waals surface area (Å²) in [6, 6.07) is 29.0. The number of hydrogen-bond donors (Lipinski definition) is 6. The van der Waals surface area contributed by atoms with Gasteiger partial charge in [0.05, 0.1) is 45.0 Å². The summed E-state index contributed by atoms with van der Waals surface area (Å²) in [7, 11) is 0. The summed E-state index contributed by atoms with van der Waals surface area (Å²) in [5, 5.41) is 16.9. The number of hydrogen-bond acceptors (Lipinski definition) is 8. The molecule has 0 atom stereocenters. The van der Waals surface area contributed by atoms with Crippen LogP contribution in [0.3, 0.4) is 0 Å². The zero-order chi connectivity index (χ0) is 37.9. The van der Waals surface area contributed by atoms with Crippen LogP contribution in [0.5, 0.6) is 0 Å². The van der Waals surface area contributed by atoms with E-state index in [1.54, 1.807) is 72.8 Å². The van der Waals surface area contributed by atoms with Crippen molar-refractivity contribution in [2.45, 2.75) is 0 Å². The number of halogens is 4. The molecule has 0 unspecified atom stereocenters. The highest BCUT2D eigenvalue weighted by Crippen LogP contribution is 2.35. The maximum atomic E-state index is 13.1. The number of amides is 4. The molecule has 0 bridgehead atoms. The van der Waals surface area contributed by atoms with Gasteiger partial charge in [0.2, 0.25) is 0 Å². The third kappa shape index (κ3) is 7.72. The first-order chi connectivity index (χ1) is 26.0. The molecule has 0 saturated carbocycles. The average Bonchev–Trinajstić information content (AvgIpc) is 3.59. The molecular weight excluding hydrogens is 704 g/mol. The van der Waals surface area contributed by atoms with E-state index in [0.717, 1.165) is 0 Å². The van der Waals surface area contributed by atoms with Gasteiger partial charge in [-0.2, -0.15) is 0 Å². The van der Waals surface area contributed by atoms with Crippen LogP contribution < -0.4 is 31.9 Å². The van der Waals surface area contributed by atoms with Crippen LogP contribution in [-0.2, 0) is 0 Å². The topological polar surface area (TPSA) is 140 Å². The van der Waals surface area contributed by atoms with Crippen LogP contribution in [0.4, 0.5) is 63.1 Å². The summed E-state index contributed by atoms with van der Waals surface area (Å²) in [5.74, 6) is -3.41. The van der Waals surface area contributed by atoms with Crippen molar-refractivity contribution in [3.8, 4) is 0 Å². The zero-order valence-electron chi connectivity index (χ0n) is 27.7. The Kier molecular flexibility index (Phi) is 9.47. The lowest BCUT2D eigenvalue weighted by molar-refractivity contribution is 0.0863. The summed E-state index contributed by atoms with van der Waals surface area (Å²) in [6.45, 7) is 0. The van der Waals surface area contributed by atoms with Crippen molar-refractivity contribution in [2.24, 2.45) is 0 Å². The van der Waals surface area contributed by atoms with Crippen LogP contribution >= 0.6 is 0 Å². The summed E-state index contributed by atoms with van der Waals surface area (Å²) < 4.78 is 52.6. The Labute approximate surface area is 304 Å². The molecule has 8 rings (SSSR count). The monoisotopic (exact) mass is 730 g/mol. The van der Waals surface area contributed by atoms with E-state index in [4.69, 9.17) is 0 Å². The van der Waals surface area contributed by atoms with E-state index < -0.39 is 23.6 Å². The van der Waals surface area contributed by atoms with Crippen molar-refractivity contribution in [3.63, 3.8) is 0 Å². The molecule has 54 heavy (non-hydrogen) atoms. The molecule has 268 valence electrons. The lowest BCUT2D eigenvalue weighted by Gasteiger charge is -2.15. The van der Waals surface area contributed by atoms with E-state index in [1.807, 2.05) is 0 Å². The third-order valence-corrected chi connectivity index (χ3v) is 8.24. The first-order valence-electron chi connectivity index (χ1n) is 16.2. The number of imide groups is 2. The van der Waals surface area contributed by atoms with Gasteiger partial charge < -0.3 is 21.3 Å².